The van der Waals surface area contributed by atoms with E-state index in [1.165, 1.54) is 11.1 Å². The average Bonchev–Trinajstić information content (AvgIpc) is 3.14. The van der Waals surface area contributed by atoms with Crippen LogP contribution in [0.25, 0.3) is 10.9 Å². The third-order valence-corrected chi connectivity index (χ3v) is 5.65. The first kappa shape index (κ1) is 18.6. The lowest BCUT2D eigenvalue weighted by atomic mass is 10.0. The van der Waals surface area contributed by atoms with Gasteiger partial charge in [0.15, 0.2) is 0 Å². The van der Waals surface area contributed by atoms with Gasteiger partial charge in [0.2, 0.25) is 0 Å². The molecule has 0 atom stereocenters. The number of fused-ring (bicyclic) bond motifs is 1. The molecule has 0 bridgehead atoms. The van der Waals surface area contributed by atoms with E-state index in [0.29, 0.717) is 5.69 Å². The average molecular weight is 377 g/mol. The van der Waals surface area contributed by atoms with Crippen molar-refractivity contribution in [2.45, 2.75) is 32.4 Å². The molecular formula is C23H27N3O2. The van der Waals surface area contributed by atoms with Gasteiger partial charge in [0, 0.05) is 42.6 Å². The zero-order chi connectivity index (χ0) is 19.5. The summed E-state index contributed by atoms with van der Waals surface area (Å²) in [6.07, 6.45) is 1.96. The molecule has 0 spiro atoms. The van der Waals surface area contributed by atoms with Crippen LogP contribution in [0.3, 0.4) is 0 Å². The standard InChI is InChI=1S/C23H27N3O2/c1-16-5-3-4-6-18(16)15-26-11-9-19(10-12-26)24-23(27)22-13-17-7-8-20(28-2)14-21(17)25-22/h3-8,13-14,19,25H,9-12,15H2,1-2H3,(H,24,27). The smallest absolute Gasteiger partial charge is 0.267 e. The molecular weight excluding hydrogens is 350 g/mol. The lowest BCUT2D eigenvalue weighted by molar-refractivity contribution is 0.0904. The lowest BCUT2D eigenvalue weighted by Crippen LogP contribution is -2.44. The Labute approximate surface area is 165 Å². The number of H-pyrrole nitrogens is 1. The van der Waals surface area contributed by atoms with E-state index in [4.69, 9.17) is 4.74 Å². The van der Waals surface area contributed by atoms with E-state index in [1.807, 2.05) is 24.3 Å². The van der Waals surface area contributed by atoms with Gasteiger partial charge in [0.25, 0.3) is 5.91 Å². The van der Waals surface area contributed by atoms with Crippen LogP contribution in [0.15, 0.2) is 48.5 Å². The number of likely N-dealkylation sites (tertiary alicyclic amines) is 1. The Morgan fingerprint density at radius 2 is 1.96 bits per heavy atom. The van der Waals surface area contributed by atoms with Crippen LogP contribution in [0.2, 0.25) is 0 Å². The number of amides is 1. The second kappa shape index (κ2) is 8.07. The number of carbonyl (C=O) groups is 1. The molecule has 0 radical (unpaired) electrons. The molecule has 0 saturated carbocycles. The zero-order valence-electron chi connectivity index (χ0n) is 16.5. The molecule has 1 fully saturated rings. The summed E-state index contributed by atoms with van der Waals surface area (Å²) in [5, 5.41) is 4.21. The van der Waals surface area contributed by atoms with Crippen LogP contribution in [-0.4, -0.2) is 42.0 Å². The fourth-order valence-electron chi connectivity index (χ4n) is 3.88. The molecule has 146 valence electrons. The summed E-state index contributed by atoms with van der Waals surface area (Å²) in [6, 6.07) is 16.5. The molecule has 0 unspecified atom stereocenters. The van der Waals surface area contributed by atoms with Crippen LogP contribution in [0, 0.1) is 6.92 Å². The van der Waals surface area contributed by atoms with Crippen molar-refractivity contribution < 1.29 is 9.53 Å². The number of hydrogen-bond donors (Lipinski definition) is 2. The molecule has 1 aromatic heterocycles. The molecule has 5 nitrogen and oxygen atoms in total. The van der Waals surface area contributed by atoms with Crippen LogP contribution in [0.1, 0.15) is 34.5 Å². The second-order valence-corrected chi connectivity index (χ2v) is 7.59. The summed E-state index contributed by atoms with van der Waals surface area (Å²) in [5.41, 5.74) is 4.25. The fourth-order valence-corrected chi connectivity index (χ4v) is 3.88. The lowest BCUT2D eigenvalue weighted by Gasteiger charge is -2.32. The first-order chi connectivity index (χ1) is 13.6. The van der Waals surface area contributed by atoms with Gasteiger partial charge in [-0.15, -0.1) is 0 Å². The highest BCUT2D eigenvalue weighted by atomic mass is 16.5. The highest BCUT2D eigenvalue weighted by Crippen LogP contribution is 2.22. The van der Waals surface area contributed by atoms with E-state index in [-0.39, 0.29) is 11.9 Å². The Balaban J connectivity index is 1.33. The number of nitrogens with one attached hydrogen (secondary N) is 2. The maximum absolute atomic E-state index is 12.7. The Morgan fingerprint density at radius 3 is 2.71 bits per heavy atom. The Bertz CT molecular complexity index is 971. The highest BCUT2D eigenvalue weighted by Gasteiger charge is 2.22. The van der Waals surface area contributed by atoms with Gasteiger partial charge >= 0.3 is 0 Å². The van der Waals surface area contributed by atoms with E-state index < -0.39 is 0 Å². The molecule has 4 rings (SSSR count). The third-order valence-electron chi connectivity index (χ3n) is 5.65. The van der Waals surface area contributed by atoms with Crippen molar-refractivity contribution in [3.8, 4) is 5.75 Å². The summed E-state index contributed by atoms with van der Waals surface area (Å²) in [5.74, 6) is 0.745. The minimum atomic E-state index is -0.0347. The second-order valence-electron chi connectivity index (χ2n) is 7.59. The Morgan fingerprint density at radius 1 is 1.18 bits per heavy atom. The molecule has 2 heterocycles. The van der Waals surface area contributed by atoms with E-state index in [9.17, 15) is 4.79 Å². The molecule has 2 N–H and O–H groups in total. The van der Waals surface area contributed by atoms with Gasteiger partial charge < -0.3 is 15.0 Å². The van der Waals surface area contributed by atoms with Crippen LogP contribution < -0.4 is 10.1 Å². The van der Waals surface area contributed by atoms with Gasteiger partial charge in [-0.25, -0.2) is 0 Å². The van der Waals surface area contributed by atoms with Crippen molar-refractivity contribution in [2.24, 2.45) is 0 Å². The SMILES string of the molecule is COc1ccc2cc(C(=O)NC3CCN(Cc4ccccc4C)CC3)[nH]c2c1. The largest absolute Gasteiger partial charge is 0.497 e. The number of rotatable bonds is 5. The first-order valence-corrected chi connectivity index (χ1v) is 9.87. The van der Waals surface area contributed by atoms with Gasteiger partial charge in [0.1, 0.15) is 11.4 Å². The monoisotopic (exact) mass is 377 g/mol. The maximum atomic E-state index is 12.7. The number of hydrogen-bond acceptors (Lipinski definition) is 3. The number of benzene rings is 2. The van der Waals surface area contributed by atoms with Gasteiger partial charge in [-0.1, -0.05) is 24.3 Å². The Hall–Kier alpha value is -2.79. The number of aryl methyl sites for hydroxylation is 1. The minimum Gasteiger partial charge on any atom is -0.497 e. The molecule has 0 aliphatic carbocycles. The van der Waals surface area contributed by atoms with E-state index in [2.05, 4.69) is 46.4 Å². The van der Waals surface area contributed by atoms with Gasteiger partial charge in [0.05, 0.1) is 7.11 Å². The maximum Gasteiger partial charge on any atom is 0.267 e. The number of methoxy groups -OCH3 is 1. The zero-order valence-corrected chi connectivity index (χ0v) is 16.5. The molecule has 5 heteroatoms. The van der Waals surface area contributed by atoms with Crippen LogP contribution in [0.4, 0.5) is 0 Å². The summed E-state index contributed by atoms with van der Waals surface area (Å²) >= 11 is 0. The van der Waals surface area contributed by atoms with E-state index in [0.717, 1.165) is 49.1 Å². The normalized spacial score (nSPS) is 15.6. The van der Waals surface area contributed by atoms with Crippen molar-refractivity contribution in [1.82, 2.24) is 15.2 Å². The summed E-state index contributed by atoms with van der Waals surface area (Å²) in [6.45, 7) is 5.15. The van der Waals surface area contributed by atoms with Crippen LogP contribution in [0.5, 0.6) is 5.75 Å². The number of aromatic amines is 1. The van der Waals surface area contributed by atoms with Gasteiger partial charge in [-0.3, -0.25) is 9.69 Å². The van der Waals surface area contributed by atoms with E-state index >= 15 is 0 Å². The molecule has 2 aromatic carbocycles. The van der Waals surface area contributed by atoms with Crippen molar-refractivity contribution in [2.75, 3.05) is 20.2 Å². The molecule has 3 aromatic rings. The number of piperidine rings is 1. The molecule has 28 heavy (non-hydrogen) atoms. The number of ether oxygens (including phenoxy) is 1. The fraction of sp³-hybridized carbons (Fsp3) is 0.348. The predicted molar refractivity (Wildman–Crippen MR) is 112 cm³/mol. The van der Waals surface area contributed by atoms with Crippen molar-refractivity contribution in [1.29, 1.82) is 0 Å². The number of nitrogens with zero attached hydrogens (tertiary/aromatic N) is 1. The number of aromatic nitrogens is 1. The van der Waals surface area contributed by atoms with Crippen molar-refractivity contribution in [3.05, 3.63) is 65.4 Å². The van der Waals surface area contributed by atoms with Gasteiger partial charge in [-0.05, 0) is 49.1 Å². The molecule has 1 aliphatic heterocycles. The summed E-state index contributed by atoms with van der Waals surface area (Å²) in [7, 11) is 1.64. The number of carbonyl (C=O) groups excluding carboxylic acids is 1. The van der Waals surface area contributed by atoms with Crippen molar-refractivity contribution >= 4 is 16.8 Å². The van der Waals surface area contributed by atoms with Gasteiger partial charge in [-0.2, -0.15) is 0 Å². The molecule has 1 aliphatic rings. The summed E-state index contributed by atoms with van der Waals surface area (Å²) in [4.78, 5) is 18.3. The topological polar surface area (TPSA) is 57.4 Å². The van der Waals surface area contributed by atoms with Crippen LogP contribution in [-0.2, 0) is 6.54 Å². The molecule has 1 saturated heterocycles. The van der Waals surface area contributed by atoms with E-state index in [1.54, 1.807) is 7.11 Å². The third kappa shape index (κ3) is 4.04. The highest BCUT2D eigenvalue weighted by molar-refractivity contribution is 5.98. The quantitative estimate of drug-likeness (QED) is 0.709. The Kier molecular flexibility index (Phi) is 5.35. The van der Waals surface area contributed by atoms with Crippen molar-refractivity contribution in [3.63, 3.8) is 0 Å². The predicted octanol–water partition coefficient (Wildman–Crippen LogP) is 3.88. The summed E-state index contributed by atoms with van der Waals surface area (Å²) < 4.78 is 5.25. The first-order valence-electron chi connectivity index (χ1n) is 9.87. The van der Waals surface area contributed by atoms with Crippen LogP contribution >= 0.6 is 0 Å². The minimum absolute atomic E-state index is 0.0347. The molecule has 1 amide bonds.